The Morgan fingerprint density at radius 3 is 2.33 bits per heavy atom. The molecule has 1 fully saturated rings. The molecule has 39 heavy (non-hydrogen) atoms. The van der Waals surface area contributed by atoms with Gasteiger partial charge in [0.2, 0.25) is 0 Å². The van der Waals surface area contributed by atoms with E-state index < -0.39 is 12.1 Å². The molecule has 0 spiro atoms. The van der Waals surface area contributed by atoms with E-state index in [9.17, 15) is 18.4 Å². The predicted octanol–water partition coefficient (Wildman–Crippen LogP) is 5.14. The summed E-state index contributed by atoms with van der Waals surface area (Å²) in [6.45, 7) is 5.77. The minimum Gasteiger partial charge on any atom is -0.475 e. The Morgan fingerprint density at radius 1 is 1.10 bits per heavy atom. The number of carboxylic acid groups (broad SMARTS) is 1. The summed E-state index contributed by atoms with van der Waals surface area (Å²) < 4.78 is 33.9. The number of hydrogen-bond acceptors (Lipinski definition) is 5. The molecule has 1 aromatic heterocycles. The highest BCUT2D eigenvalue weighted by atomic mass is 19.4. The Bertz CT molecular complexity index is 1330. The maximum atomic E-state index is 10.6. The first-order chi connectivity index (χ1) is 18.5. The standard InChI is InChI=1S/C27H29N5.C2HF3O2/c1-22-3-2-4-25(15-22)16-27(20-29)10-13-31(14-11-27)12-9-26-18-30-21-32(26)19-24-7-5-23(17-28)6-8-24;3-2(4,5)1(6)7/h2-8,15,18,21H,9-14,16,19H2,1H3;(H,6,7). The third-order valence-electron chi connectivity index (χ3n) is 6.84. The molecule has 0 bridgehead atoms. The summed E-state index contributed by atoms with van der Waals surface area (Å²) >= 11 is 0. The van der Waals surface area contributed by atoms with E-state index in [4.69, 9.17) is 15.2 Å². The van der Waals surface area contributed by atoms with Gasteiger partial charge in [0.15, 0.2) is 0 Å². The van der Waals surface area contributed by atoms with Crippen molar-refractivity contribution in [2.75, 3.05) is 19.6 Å². The molecule has 1 aliphatic heterocycles. The molecule has 0 unspecified atom stereocenters. The monoisotopic (exact) mass is 537 g/mol. The normalized spacial score (nSPS) is 14.9. The number of imidazole rings is 1. The lowest BCUT2D eigenvalue weighted by molar-refractivity contribution is -0.192. The second-order valence-corrected chi connectivity index (χ2v) is 9.77. The highest BCUT2D eigenvalue weighted by molar-refractivity contribution is 5.73. The van der Waals surface area contributed by atoms with Gasteiger partial charge in [-0.3, -0.25) is 0 Å². The van der Waals surface area contributed by atoms with Gasteiger partial charge in [0, 0.05) is 31.4 Å². The summed E-state index contributed by atoms with van der Waals surface area (Å²) in [5.41, 5.74) is 5.34. The van der Waals surface area contributed by atoms with Crippen LogP contribution < -0.4 is 0 Å². The van der Waals surface area contributed by atoms with Crippen molar-refractivity contribution in [3.05, 3.63) is 89.0 Å². The maximum Gasteiger partial charge on any atom is 0.490 e. The molecule has 1 saturated heterocycles. The highest BCUT2D eigenvalue weighted by Crippen LogP contribution is 2.34. The van der Waals surface area contributed by atoms with E-state index in [0.29, 0.717) is 5.56 Å². The van der Waals surface area contributed by atoms with Gasteiger partial charge in [-0.1, -0.05) is 42.0 Å². The third-order valence-corrected chi connectivity index (χ3v) is 6.84. The lowest BCUT2D eigenvalue weighted by atomic mass is 9.75. The molecule has 3 aromatic rings. The molecule has 2 heterocycles. The summed E-state index contributed by atoms with van der Waals surface area (Å²) in [5, 5.41) is 26.0. The number of aryl methyl sites for hydroxylation is 1. The maximum absolute atomic E-state index is 10.6. The van der Waals surface area contributed by atoms with E-state index in [1.165, 1.54) is 16.8 Å². The summed E-state index contributed by atoms with van der Waals surface area (Å²) in [4.78, 5) is 15.7. The van der Waals surface area contributed by atoms with E-state index in [1.807, 2.05) is 36.8 Å². The van der Waals surface area contributed by atoms with Crippen molar-refractivity contribution in [1.82, 2.24) is 14.5 Å². The SMILES string of the molecule is Cc1cccc(CC2(C#N)CCN(CCc3cncn3Cc3ccc(C#N)cc3)CC2)c1.O=C(O)C(F)(F)F. The second-order valence-electron chi connectivity index (χ2n) is 9.77. The first-order valence-corrected chi connectivity index (χ1v) is 12.5. The largest absolute Gasteiger partial charge is 0.490 e. The van der Waals surface area contributed by atoms with Gasteiger partial charge >= 0.3 is 12.1 Å². The van der Waals surface area contributed by atoms with Crippen molar-refractivity contribution in [3.8, 4) is 12.1 Å². The van der Waals surface area contributed by atoms with Crippen molar-refractivity contribution in [3.63, 3.8) is 0 Å². The fourth-order valence-corrected chi connectivity index (χ4v) is 4.60. The smallest absolute Gasteiger partial charge is 0.475 e. The van der Waals surface area contributed by atoms with Gasteiger partial charge in [-0.25, -0.2) is 9.78 Å². The van der Waals surface area contributed by atoms with Gasteiger partial charge in [-0.05, 0) is 62.5 Å². The van der Waals surface area contributed by atoms with E-state index in [-0.39, 0.29) is 5.41 Å². The van der Waals surface area contributed by atoms with Crippen LogP contribution >= 0.6 is 0 Å². The zero-order valence-electron chi connectivity index (χ0n) is 21.7. The number of hydrogen-bond donors (Lipinski definition) is 1. The molecule has 2 aromatic carbocycles. The van der Waals surface area contributed by atoms with Gasteiger partial charge in [-0.15, -0.1) is 0 Å². The van der Waals surface area contributed by atoms with Crippen LogP contribution in [-0.4, -0.2) is 51.3 Å². The first kappa shape index (κ1) is 29.4. The number of aromatic nitrogens is 2. The summed E-state index contributed by atoms with van der Waals surface area (Å²) in [5.74, 6) is -2.76. The van der Waals surface area contributed by atoms with Crippen molar-refractivity contribution in [2.24, 2.45) is 5.41 Å². The van der Waals surface area contributed by atoms with E-state index in [0.717, 1.165) is 57.4 Å². The van der Waals surface area contributed by atoms with E-state index in [1.54, 1.807) is 0 Å². The molecule has 7 nitrogen and oxygen atoms in total. The van der Waals surface area contributed by atoms with Crippen LogP contribution in [0.1, 0.15) is 40.8 Å². The van der Waals surface area contributed by atoms with Gasteiger partial charge in [0.1, 0.15) is 0 Å². The van der Waals surface area contributed by atoms with Gasteiger partial charge in [-0.2, -0.15) is 23.7 Å². The number of likely N-dealkylation sites (tertiary alicyclic amines) is 1. The Labute approximate surface area is 225 Å². The molecule has 0 saturated carbocycles. The first-order valence-electron chi connectivity index (χ1n) is 12.5. The van der Waals surface area contributed by atoms with Crippen molar-refractivity contribution in [2.45, 2.75) is 45.3 Å². The number of piperidine rings is 1. The zero-order chi connectivity index (χ0) is 28.5. The molecule has 0 amide bonds. The molecule has 4 rings (SSSR count). The van der Waals surface area contributed by atoms with Crippen molar-refractivity contribution in [1.29, 1.82) is 10.5 Å². The predicted molar refractivity (Wildman–Crippen MR) is 138 cm³/mol. The highest BCUT2D eigenvalue weighted by Gasteiger charge is 2.38. The quantitative estimate of drug-likeness (QED) is 0.448. The number of benzene rings is 2. The van der Waals surface area contributed by atoms with Crippen LogP contribution in [0.25, 0.3) is 0 Å². The molecule has 1 N–H and O–H groups in total. The summed E-state index contributed by atoms with van der Waals surface area (Å²) in [6, 6.07) is 21.1. The number of nitriles is 2. The van der Waals surface area contributed by atoms with Gasteiger partial charge < -0.3 is 14.6 Å². The molecular formula is C29H30F3N5O2. The van der Waals surface area contributed by atoms with Crippen LogP contribution in [-0.2, 0) is 24.2 Å². The van der Waals surface area contributed by atoms with Crippen LogP contribution in [0, 0.1) is 35.0 Å². The van der Waals surface area contributed by atoms with Crippen LogP contribution in [0.15, 0.2) is 61.1 Å². The zero-order valence-corrected chi connectivity index (χ0v) is 21.7. The van der Waals surface area contributed by atoms with Gasteiger partial charge in [0.25, 0.3) is 0 Å². The molecular weight excluding hydrogens is 507 g/mol. The van der Waals surface area contributed by atoms with E-state index >= 15 is 0 Å². The number of aliphatic carboxylic acids is 1. The fourth-order valence-electron chi connectivity index (χ4n) is 4.60. The second kappa shape index (κ2) is 13.1. The van der Waals surface area contributed by atoms with Crippen molar-refractivity contribution < 1.29 is 23.1 Å². The Hall–Kier alpha value is -4.15. The van der Waals surface area contributed by atoms with Crippen LogP contribution in [0.2, 0.25) is 0 Å². The molecule has 0 aliphatic carbocycles. The van der Waals surface area contributed by atoms with Gasteiger partial charge in [0.05, 0.1) is 29.4 Å². The fraction of sp³-hybridized carbons (Fsp3) is 0.379. The Kier molecular flexibility index (Phi) is 9.86. The molecule has 10 heteroatoms. The number of rotatable bonds is 7. The van der Waals surface area contributed by atoms with Crippen molar-refractivity contribution >= 4 is 5.97 Å². The van der Waals surface area contributed by atoms with Crippen LogP contribution in [0.3, 0.4) is 0 Å². The molecule has 204 valence electrons. The minimum atomic E-state index is -5.08. The number of carbonyl (C=O) groups is 1. The number of nitrogens with zero attached hydrogens (tertiary/aromatic N) is 5. The minimum absolute atomic E-state index is 0.248. The Balaban J connectivity index is 0.000000532. The summed E-state index contributed by atoms with van der Waals surface area (Å²) in [6.07, 6.45) is 2.37. The average molecular weight is 538 g/mol. The molecule has 0 atom stereocenters. The lowest BCUT2D eigenvalue weighted by Gasteiger charge is -2.37. The average Bonchev–Trinajstić information content (AvgIpc) is 3.35. The Morgan fingerprint density at radius 2 is 1.77 bits per heavy atom. The number of halogens is 3. The molecule has 1 aliphatic rings. The topological polar surface area (TPSA) is 106 Å². The van der Waals surface area contributed by atoms with Crippen LogP contribution in [0.4, 0.5) is 13.2 Å². The summed E-state index contributed by atoms with van der Waals surface area (Å²) in [7, 11) is 0. The van der Waals surface area contributed by atoms with E-state index in [2.05, 4.69) is 57.8 Å². The number of alkyl halides is 3. The van der Waals surface area contributed by atoms with Crippen LogP contribution in [0.5, 0.6) is 0 Å². The lowest BCUT2D eigenvalue weighted by Crippen LogP contribution is -2.41. The molecule has 0 radical (unpaired) electrons. The number of carboxylic acids is 1. The third kappa shape index (κ3) is 8.69.